The van der Waals surface area contributed by atoms with Crippen molar-refractivity contribution in [3.8, 4) is 5.75 Å². The Morgan fingerprint density at radius 2 is 1.92 bits per heavy atom. The second-order valence-electron chi connectivity index (χ2n) is 6.08. The zero-order valence-corrected chi connectivity index (χ0v) is 15.1. The Bertz CT molecular complexity index is 888. The number of hydrogen-bond donors (Lipinski definition) is 1. The van der Waals surface area contributed by atoms with Crippen LogP contribution in [-0.4, -0.2) is 26.5 Å². The summed E-state index contributed by atoms with van der Waals surface area (Å²) in [6.07, 6.45) is 1.01. The standard InChI is InChI=1S/C18H20F2N2O3S/c1-2-10-22-11-13-6-5-7-15(14(13)12-22)21-26(23,24)17-9-4-3-8-16(17)25-18(19)20/h3-9,18,21H,2,10-12H2,1H3. The van der Waals surface area contributed by atoms with Crippen molar-refractivity contribution in [1.29, 1.82) is 0 Å². The Labute approximate surface area is 151 Å². The fourth-order valence-corrected chi connectivity index (χ4v) is 4.35. The Morgan fingerprint density at radius 1 is 1.15 bits per heavy atom. The summed E-state index contributed by atoms with van der Waals surface area (Å²) < 4.78 is 57.5. The van der Waals surface area contributed by atoms with Crippen LogP contribution in [-0.2, 0) is 23.1 Å². The van der Waals surface area contributed by atoms with E-state index in [0.717, 1.165) is 30.6 Å². The number of ether oxygens (including phenoxy) is 1. The van der Waals surface area contributed by atoms with E-state index >= 15 is 0 Å². The lowest BCUT2D eigenvalue weighted by molar-refractivity contribution is -0.0517. The van der Waals surface area contributed by atoms with Gasteiger partial charge in [-0.05, 0) is 42.3 Å². The highest BCUT2D eigenvalue weighted by Gasteiger charge is 2.26. The van der Waals surface area contributed by atoms with Crippen molar-refractivity contribution in [2.24, 2.45) is 0 Å². The molecule has 0 saturated heterocycles. The summed E-state index contributed by atoms with van der Waals surface area (Å²) in [5.41, 5.74) is 2.44. The van der Waals surface area contributed by atoms with Crippen LogP contribution in [0.25, 0.3) is 0 Å². The van der Waals surface area contributed by atoms with E-state index in [-0.39, 0.29) is 10.6 Å². The Balaban J connectivity index is 1.90. The van der Waals surface area contributed by atoms with Gasteiger partial charge in [-0.1, -0.05) is 31.2 Å². The van der Waals surface area contributed by atoms with Gasteiger partial charge in [-0.2, -0.15) is 8.78 Å². The molecule has 0 bridgehead atoms. The fraction of sp³-hybridized carbons (Fsp3) is 0.333. The van der Waals surface area contributed by atoms with Gasteiger partial charge in [-0.25, -0.2) is 8.42 Å². The molecule has 0 unspecified atom stereocenters. The van der Waals surface area contributed by atoms with Gasteiger partial charge in [0.1, 0.15) is 10.6 Å². The van der Waals surface area contributed by atoms with Gasteiger partial charge in [0.15, 0.2) is 0 Å². The van der Waals surface area contributed by atoms with Crippen molar-refractivity contribution in [3.05, 3.63) is 53.6 Å². The summed E-state index contributed by atoms with van der Waals surface area (Å²) in [6.45, 7) is 1.33. The van der Waals surface area contributed by atoms with Gasteiger partial charge >= 0.3 is 6.61 Å². The van der Waals surface area contributed by atoms with E-state index in [2.05, 4.69) is 21.3 Å². The van der Waals surface area contributed by atoms with Gasteiger partial charge in [-0.3, -0.25) is 9.62 Å². The molecule has 140 valence electrons. The molecule has 2 aromatic rings. The summed E-state index contributed by atoms with van der Waals surface area (Å²) in [5.74, 6) is -0.379. The van der Waals surface area contributed by atoms with Crippen molar-refractivity contribution < 1.29 is 21.9 Å². The van der Waals surface area contributed by atoms with Crippen LogP contribution in [0.3, 0.4) is 0 Å². The van der Waals surface area contributed by atoms with Crippen LogP contribution in [0.2, 0.25) is 0 Å². The van der Waals surface area contributed by atoms with E-state index in [1.807, 2.05) is 6.07 Å². The monoisotopic (exact) mass is 382 g/mol. The fourth-order valence-electron chi connectivity index (χ4n) is 3.13. The average Bonchev–Trinajstić information content (AvgIpc) is 2.98. The molecule has 0 aromatic heterocycles. The molecular formula is C18H20F2N2O3S. The molecule has 1 aliphatic heterocycles. The number of nitrogens with one attached hydrogen (secondary N) is 1. The minimum atomic E-state index is -4.07. The molecular weight excluding hydrogens is 362 g/mol. The summed E-state index contributed by atoms with van der Waals surface area (Å²) >= 11 is 0. The molecule has 0 radical (unpaired) electrons. The minimum absolute atomic E-state index is 0.318. The number of fused-ring (bicyclic) bond motifs is 1. The maximum Gasteiger partial charge on any atom is 0.387 e. The molecule has 8 heteroatoms. The summed E-state index contributed by atoms with van der Waals surface area (Å²) in [5, 5.41) is 0. The molecule has 5 nitrogen and oxygen atoms in total. The first-order valence-corrected chi connectivity index (χ1v) is 9.79. The third kappa shape index (κ3) is 3.96. The molecule has 0 aliphatic carbocycles. The third-order valence-electron chi connectivity index (χ3n) is 4.19. The first kappa shape index (κ1) is 18.6. The van der Waals surface area contributed by atoms with Crippen LogP contribution in [0.5, 0.6) is 5.75 Å². The number of halogens is 2. The Morgan fingerprint density at radius 3 is 2.65 bits per heavy atom. The smallest absolute Gasteiger partial charge is 0.387 e. The molecule has 1 N–H and O–H groups in total. The van der Waals surface area contributed by atoms with Crippen LogP contribution in [0, 0.1) is 0 Å². The number of para-hydroxylation sites is 1. The van der Waals surface area contributed by atoms with E-state index in [1.54, 1.807) is 12.1 Å². The third-order valence-corrected chi connectivity index (χ3v) is 5.59. The highest BCUT2D eigenvalue weighted by Crippen LogP contribution is 2.32. The molecule has 3 rings (SSSR count). The van der Waals surface area contributed by atoms with Crippen LogP contribution in [0.15, 0.2) is 47.4 Å². The second kappa shape index (κ2) is 7.59. The van der Waals surface area contributed by atoms with E-state index in [4.69, 9.17) is 0 Å². The predicted molar refractivity (Wildman–Crippen MR) is 94.7 cm³/mol. The Kier molecular flexibility index (Phi) is 5.43. The quantitative estimate of drug-likeness (QED) is 0.791. The number of hydrogen-bond acceptors (Lipinski definition) is 4. The van der Waals surface area contributed by atoms with Gasteiger partial charge in [0, 0.05) is 13.1 Å². The van der Waals surface area contributed by atoms with E-state index in [9.17, 15) is 17.2 Å². The minimum Gasteiger partial charge on any atom is -0.433 e. The van der Waals surface area contributed by atoms with Crippen LogP contribution >= 0.6 is 0 Å². The number of benzene rings is 2. The van der Waals surface area contributed by atoms with E-state index in [1.165, 1.54) is 24.3 Å². The lowest BCUT2D eigenvalue weighted by Gasteiger charge is -2.15. The van der Waals surface area contributed by atoms with Crippen molar-refractivity contribution >= 4 is 15.7 Å². The van der Waals surface area contributed by atoms with Crippen molar-refractivity contribution in [3.63, 3.8) is 0 Å². The van der Waals surface area contributed by atoms with Gasteiger partial charge in [0.05, 0.1) is 5.69 Å². The van der Waals surface area contributed by atoms with Crippen LogP contribution in [0.4, 0.5) is 14.5 Å². The van der Waals surface area contributed by atoms with Gasteiger partial charge in [0.2, 0.25) is 0 Å². The Hall–Kier alpha value is -2.19. The topological polar surface area (TPSA) is 58.6 Å². The summed E-state index contributed by atoms with van der Waals surface area (Å²) in [4.78, 5) is 1.91. The summed E-state index contributed by atoms with van der Waals surface area (Å²) in [6, 6.07) is 10.8. The number of nitrogens with zero attached hydrogens (tertiary/aromatic N) is 1. The molecule has 1 aliphatic rings. The molecule has 0 atom stereocenters. The highest BCUT2D eigenvalue weighted by atomic mass is 32.2. The van der Waals surface area contributed by atoms with Gasteiger partial charge in [0.25, 0.3) is 10.0 Å². The maximum atomic E-state index is 12.8. The molecule has 0 amide bonds. The van der Waals surface area contributed by atoms with Crippen molar-refractivity contribution in [2.75, 3.05) is 11.3 Å². The normalized spacial score (nSPS) is 14.5. The predicted octanol–water partition coefficient (Wildman–Crippen LogP) is 3.81. The van der Waals surface area contributed by atoms with Crippen molar-refractivity contribution in [1.82, 2.24) is 4.90 Å². The van der Waals surface area contributed by atoms with E-state index < -0.39 is 16.6 Å². The number of sulfonamides is 1. The first-order valence-electron chi connectivity index (χ1n) is 8.30. The summed E-state index contributed by atoms with van der Waals surface area (Å²) in [7, 11) is -4.07. The van der Waals surface area contributed by atoms with Crippen LogP contribution in [0.1, 0.15) is 24.5 Å². The number of alkyl halides is 2. The largest absolute Gasteiger partial charge is 0.433 e. The zero-order valence-electron chi connectivity index (χ0n) is 14.3. The molecule has 26 heavy (non-hydrogen) atoms. The lowest BCUT2D eigenvalue weighted by atomic mass is 10.1. The number of anilines is 1. The van der Waals surface area contributed by atoms with Gasteiger partial charge < -0.3 is 4.74 Å². The lowest BCUT2D eigenvalue weighted by Crippen LogP contribution is -2.18. The SMILES string of the molecule is CCCN1Cc2cccc(NS(=O)(=O)c3ccccc3OC(F)F)c2C1. The van der Waals surface area contributed by atoms with Gasteiger partial charge in [-0.15, -0.1) is 0 Å². The second-order valence-corrected chi connectivity index (χ2v) is 7.74. The first-order chi connectivity index (χ1) is 12.4. The highest BCUT2D eigenvalue weighted by molar-refractivity contribution is 7.92. The molecule has 0 spiro atoms. The van der Waals surface area contributed by atoms with Crippen molar-refractivity contribution in [2.45, 2.75) is 37.9 Å². The zero-order chi connectivity index (χ0) is 18.7. The average molecular weight is 382 g/mol. The maximum absolute atomic E-state index is 12.8. The van der Waals surface area contributed by atoms with Crippen LogP contribution < -0.4 is 9.46 Å². The van der Waals surface area contributed by atoms with E-state index in [0.29, 0.717) is 12.2 Å². The molecule has 1 heterocycles. The number of rotatable bonds is 7. The molecule has 0 saturated carbocycles. The molecule has 0 fully saturated rings. The molecule has 2 aromatic carbocycles.